The van der Waals surface area contributed by atoms with Crippen molar-refractivity contribution in [2.24, 2.45) is 0 Å². The molecule has 134 valence electrons. The number of furan rings is 1. The Kier molecular flexibility index (Phi) is 3.95. The Balaban J connectivity index is 1.57. The second kappa shape index (κ2) is 6.29. The summed E-state index contributed by atoms with van der Waals surface area (Å²) in [5.41, 5.74) is 0.880. The highest BCUT2D eigenvalue weighted by molar-refractivity contribution is 6.01. The van der Waals surface area contributed by atoms with E-state index in [9.17, 15) is 14.4 Å². The number of hydrogen-bond acceptors (Lipinski definition) is 5. The van der Waals surface area contributed by atoms with Crippen molar-refractivity contribution >= 4 is 33.9 Å². The second-order valence-electron chi connectivity index (χ2n) is 6.34. The lowest BCUT2D eigenvalue weighted by Crippen LogP contribution is -2.51. The van der Waals surface area contributed by atoms with Crippen molar-refractivity contribution in [2.45, 2.75) is 13.5 Å². The van der Waals surface area contributed by atoms with Gasteiger partial charge in [-0.2, -0.15) is 0 Å². The molecule has 0 atom stereocenters. The smallest absolute Gasteiger partial charge is 0.297 e. The van der Waals surface area contributed by atoms with Crippen LogP contribution in [-0.4, -0.2) is 57.3 Å². The van der Waals surface area contributed by atoms with E-state index in [1.807, 2.05) is 18.2 Å². The number of piperazine rings is 1. The monoisotopic (exact) mass is 354 g/mol. The van der Waals surface area contributed by atoms with E-state index >= 15 is 0 Å². The molecule has 1 aliphatic heterocycles. The highest BCUT2D eigenvalue weighted by Gasteiger charge is 2.23. The first-order valence-electron chi connectivity index (χ1n) is 8.44. The quantitative estimate of drug-likeness (QED) is 0.680. The van der Waals surface area contributed by atoms with Gasteiger partial charge in [-0.25, -0.2) is 4.98 Å². The summed E-state index contributed by atoms with van der Waals surface area (Å²) in [5.74, 6) is -0.166. The third-order valence-electron chi connectivity index (χ3n) is 4.73. The summed E-state index contributed by atoms with van der Waals surface area (Å²) in [7, 11) is 0. The SMILES string of the molecule is CC(=O)N1CCN(C(=O)Cn2cnc3c(oc4ccccc43)c2=O)CC1. The minimum atomic E-state index is -0.373. The summed E-state index contributed by atoms with van der Waals surface area (Å²) in [6.45, 7) is 3.37. The van der Waals surface area contributed by atoms with E-state index in [0.29, 0.717) is 37.3 Å². The molecule has 0 unspecified atom stereocenters. The lowest BCUT2D eigenvalue weighted by molar-refractivity contribution is -0.138. The standard InChI is InChI=1S/C18H18N4O4/c1-12(23)20-6-8-21(9-7-20)15(24)10-22-11-19-16-13-4-2-3-5-14(13)26-17(16)18(22)25/h2-5,11H,6-10H2,1H3. The van der Waals surface area contributed by atoms with Crippen LogP contribution in [0.5, 0.6) is 0 Å². The van der Waals surface area contributed by atoms with Crippen LogP contribution in [-0.2, 0) is 16.1 Å². The number of carbonyl (C=O) groups is 2. The molecule has 8 heteroatoms. The Hall–Kier alpha value is -3.16. The van der Waals surface area contributed by atoms with E-state index in [-0.39, 0.29) is 29.5 Å². The third-order valence-corrected chi connectivity index (χ3v) is 4.73. The molecule has 4 rings (SSSR count). The highest BCUT2D eigenvalue weighted by atomic mass is 16.3. The van der Waals surface area contributed by atoms with Gasteiger partial charge in [-0.3, -0.25) is 19.0 Å². The molecule has 0 saturated carbocycles. The number of rotatable bonds is 2. The van der Waals surface area contributed by atoms with Crippen LogP contribution in [0.15, 0.2) is 39.8 Å². The fourth-order valence-electron chi connectivity index (χ4n) is 3.24. The Morgan fingerprint density at radius 3 is 2.54 bits per heavy atom. The van der Waals surface area contributed by atoms with Crippen LogP contribution in [0.3, 0.4) is 0 Å². The van der Waals surface area contributed by atoms with Crippen molar-refractivity contribution < 1.29 is 14.0 Å². The molecule has 1 saturated heterocycles. The van der Waals surface area contributed by atoms with Crippen molar-refractivity contribution in [1.29, 1.82) is 0 Å². The van der Waals surface area contributed by atoms with Crippen LogP contribution in [0.1, 0.15) is 6.92 Å². The summed E-state index contributed by atoms with van der Waals surface area (Å²) in [6.07, 6.45) is 1.39. The summed E-state index contributed by atoms with van der Waals surface area (Å²) in [6, 6.07) is 7.31. The molecular weight excluding hydrogens is 336 g/mol. The van der Waals surface area contributed by atoms with E-state index in [2.05, 4.69) is 4.98 Å². The summed E-state index contributed by atoms with van der Waals surface area (Å²) in [4.78, 5) is 44.2. The van der Waals surface area contributed by atoms with Gasteiger partial charge in [0.1, 0.15) is 17.6 Å². The van der Waals surface area contributed by atoms with E-state index in [4.69, 9.17) is 4.42 Å². The van der Waals surface area contributed by atoms with E-state index in [1.54, 1.807) is 15.9 Å². The van der Waals surface area contributed by atoms with Crippen molar-refractivity contribution in [1.82, 2.24) is 19.4 Å². The number of hydrogen-bond donors (Lipinski definition) is 0. The normalized spacial score (nSPS) is 15.0. The highest BCUT2D eigenvalue weighted by Crippen LogP contribution is 2.24. The maximum Gasteiger partial charge on any atom is 0.297 e. The second-order valence-corrected chi connectivity index (χ2v) is 6.34. The molecule has 2 aromatic heterocycles. The van der Waals surface area contributed by atoms with Crippen molar-refractivity contribution in [3.63, 3.8) is 0 Å². The lowest BCUT2D eigenvalue weighted by Gasteiger charge is -2.34. The topological polar surface area (TPSA) is 88.7 Å². The van der Waals surface area contributed by atoms with Gasteiger partial charge in [-0.1, -0.05) is 12.1 Å². The maximum atomic E-state index is 12.7. The molecule has 2 amide bonds. The number of nitrogens with zero attached hydrogens (tertiary/aromatic N) is 4. The number of benzene rings is 1. The molecule has 1 fully saturated rings. The van der Waals surface area contributed by atoms with Gasteiger partial charge in [0, 0.05) is 38.5 Å². The number of aromatic nitrogens is 2. The molecule has 0 spiro atoms. The molecular formula is C18H18N4O4. The Morgan fingerprint density at radius 1 is 1.12 bits per heavy atom. The minimum absolute atomic E-state index is 0.00727. The van der Waals surface area contributed by atoms with Crippen LogP contribution in [0.25, 0.3) is 22.1 Å². The molecule has 0 aliphatic carbocycles. The predicted molar refractivity (Wildman–Crippen MR) is 94.6 cm³/mol. The molecule has 0 bridgehead atoms. The number of fused-ring (bicyclic) bond motifs is 3. The zero-order chi connectivity index (χ0) is 18.3. The van der Waals surface area contributed by atoms with Crippen LogP contribution >= 0.6 is 0 Å². The Bertz CT molecular complexity index is 1060. The van der Waals surface area contributed by atoms with E-state index in [1.165, 1.54) is 17.8 Å². The number of carbonyl (C=O) groups excluding carboxylic acids is 2. The number of amides is 2. The molecule has 0 radical (unpaired) electrons. The van der Waals surface area contributed by atoms with E-state index in [0.717, 1.165) is 5.39 Å². The molecule has 8 nitrogen and oxygen atoms in total. The maximum absolute atomic E-state index is 12.7. The van der Waals surface area contributed by atoms with Gasteiger partial charge in [-0.15, -0.1) is 0 Å². The molecule has 3 heterocycles. The first kappa shape index (κ1) is 16.3. The van der Waals surface area contributed by atoms with Gasteiger partial charge in [0.05, 0.1) is 6.33 Å². The summed E-state index contributed by atoms with van der Waals surface area (Å²) >= 11 is 0. The molecule has 3 aromatic rings. The molecule has 26 heavy (non-hydrogen) atoms. The van der Waals surface area contributed by atoms with Gasteiger partial charge in [0.2, 0.25) is 17.4 Å². The van der Waals surface area contributed by atoms with Gasteiger partial charge in [-0.05, 0) is 12.1 Å². The average Bonchev–Trinajstić information content (AvgIpc) is 3.03. The van der Waals surface area contributed by atoms with Crippen LogP contribution < -0.4 is 5.56 Å². The molecule has 1 aromatic carbocycles. The van der Waals surface area contributed by atoms with Crippen molar-refractivity contribution in [3.8, 4) is 0 Å². The third kappa shape index (κ3) is 2.73. The summed E-state index contributed by atoms with van der Waals surface area (Å²) in [5, 5.41) is 0.776. The zero-order valence-electron chi connectivity index (χ0n) is 14.3. The minimum Gasteiger partial charge on any atom is -0.448 e. The lowest BCUT2D eigenvalue weighted by atomic mass is 10.2. The van der Waals surface area contributed by atoms with Crippen LogP contribution in [0.2, 0.25) is 0 Å². The van der Waals surface area contributed by atoms with Crippen LogP contribution in [0, 0.1) is 0 Å². The van der Waals surface area contributed by atoms with Gasteiger partial charge < -0.3 is 14.2 Å². The fourth-order valence-corrected chi connectivity index (χ4v) is 3.24. The Morgan fingerprint density at radius 2 is 1.81 bits per heavy atom. The summed E-state index contributed by atoms with van der Waals surface area (Å²) < 4.78 is 6.89. The predicted octanol–water partition coefficient (Wildman–Crippen LogP) is 0.833. The first-order chi connectivity index (χ1) is 12.5. The fraction of sp³-hybridized carbons (Fsp3) is 0.333. The largest absolute Gasteiger partial charge is 0.448 e. The number of para-hydroxylation sites is 1. The first-order valence-corrected chi connectivity index (χ1v) is 8.44. The van der Waals surface area contributed by atoms with Gasteiger partial charge in [0.15, 0.2) is 0 Å². The van der Waals surface area contributed by atoms with Gasteiger partial charge in [0.25, 0.3) is 5.56 Å². The van der Waals surface area contributed by atoms with E-state index < -0.39 is 0 Å². The molecule has 1 aliphatic rings. The zero-order valence-corrected chi connectivity index (χ0v) is 14.3. The van der Waals surface area contributed by atoms with Crippen LogP contribution in [0.4, 0.5) is 0 Å². The van der Waals surface area contributed by atoms with Crippen molar-refractivity contribution in [2.75, 3.05) is 26.2 Å². The Labute approximate surface area is 148 Å². The molecule has 0 N–H and O–H groups in total. The average molecular weight is 354 g/mol. The van der Waals surface area contributed by atoms with Crippen molar-refractivity contribution in [3.05, 3.63) is 40.9 Å². The van der Waals surface area contributed by atoms with Gasteiger partial charge >= 0.3 is 0 Å².